The van der Waals surface area contributed by atoms with Gasteiger partial charge in [-0.3, -0.25) is 9.59 Å². The van der Waals surface area contributed by atoms with Gasteiger partial charge in [0.25, 0.3) is 0 Å². The molecule has 0 saturated heterocycles. The van der Waals surface area contributed by atoms with E-state index in [1.54, 1.807) is 6.92 Å². The Morgan fingerprint density at radius 1 is 0.886 bits per heavy atom. The van der Waals surface area contributed by atoms with Crippen molar-refractivity contribution < 1.29 is 23.1 Å². The number of aryl methyl sites for hydroxylation is 1. The van der Waals surface area contributed by atoms with E-state index in [2.05, 4.69) is 28.1 Å². The molecule has 198 valence electrons. The van der Waals surface area contributed by atoms with Crippen molar-refractivity contribution >= 4 is 26.4 Å². The molecule has 0 spiro atoms. The maximum Gasteiger partial charge on any atom is 0.311 e. The molecule has 0 aliphatic rings. The van der Waals surface area contributed by atoms with Crippen LogP contribution in [-0.4, -0.2) is 11.9 Å². The standard InChI is InChI=1S/C28H44F2NO3P/c1-4-5-6-7-8-9-10-11-12-13-14-15-16-17-24(32)31-22(3)18-19-25(33)34-27-26(30)23(29)20-21(2)28(27)35/h20H,3-19,35H2,1-2H3,(H,31,32). The number of benzene rings is 1. The van der Waals surface area contributed by atoms with Gasteiger partial charge in [-0.25, -0.2) is 4.39 Å². The summed E-state index contributed by atoms with van der Waals surface area (Å²) in [4.78, 5) is 24.1. The quantitative estimate of drug-likeness (QED) is 0.0902. The number of esters is 1. The number of carbonyl (C=O) groups excluding carboxylic acids is 2. The lowest BCUT2D eigenvalue weighted by Gasteiger charge is -2.12. The molecule has 0 aromatic heterocycles. The fourth-order valence-electron chi connectivity index (χ4n) is 3.88. The molecule has 1 N–H and O–H groups in total. The van der Waals surface area contributed by atoms with Gasteiger partial charge in [-0.15, -0.1) is 9.24 Å². The van der Waals surface area contributed by atoms with Gasteiger partial charge in [0, 0.05) is 17.4 Å². The zero-order chi connectivity index (χ0) is 26.1. The Kier molecular flexibility index (Phi) is 16.5. The number of halogens is 2. The molecule has 1 aromatic rings. The number of unbranched alkanes of at least 4 members (excludes halogenated alkanes) is 12. The molecule has 35 heavy (non-hydrogen) atoms. The molecule has 0 heterocycles. The minimum atomic E-state index is -1.20. The van der Waals surface area contributed by atoms with Gasteiger partial charge < -0.3 is 10.1 Å². The maximum absolute atomic E-state index is 13.9. The van der Waals surface area contributed by atoms with Crippen LogP contribution in [0.25, 0.3) is 0 Å². The van der Waals surface area contributed by atoms with Crippen molar-refractivity contribution in [3.63, 3.8) is 0 Å². The minimum Gasteiger partial charge on any atom is -0.423 e. The third-order valence-corrected chi connectivity index (χ3v) is 6.81. The number of carbonyl (C=O) groups is 2. The smallest absolute Gasteiger partial charge is 0.311 e. The number of allylic oxidation sites excluding steroid dienone is 1. The van der Waals surface area contributed by atoms with Gasteiger partial charge in [-0.2, -0.15) is 4.39 Å². The van der Waals surface area contributed by atoms with Gasteiger partial charge in [0.1, 0.15) is 0 Å². The Morgan fingerprint density at radius 3 is 1.94 bits per heavy atom. The second-order valence-corrected chi connectivity index (χ2v) is 9.93. The Morgan fingerprint density at radius 2 is 1.40 bits per heavy atom. The van der Waals surface area contributed by atoms with Crippen molar-refractivity contribution in [1.29, 1.82) is 0 Å². The van der Waals surface area contributed by atoms with Gasteiger partial charge in [0.2, 0.25) is 11.7 Å². The topological polar surface area (TPSA) is 55.4 Å². The zero-order valence-electron chi connectivity index (χ0n) is 21.7. The van der Waals surface area contributed by atoms with Crippen molar-refractivity contribution in [3.8, 4) is 5.75 Å². The van der Waals surface area contributed by atoms with E-state index in [0.29, 0.717) is 23.0 Å². The van der Waals surface area contributed by atoms with Gasteiger partial charge in [-0.1, -0.05) is 90.6 Å². The van der Waals surface area contributed by atoms with E-state index in [-0.39, 0.29) is 18.7 Å². The molecule has 0 bridgehead atoms. The van der Waals surface area contributed by atoms with Crippen molar-refractivity contribution in [2.45, 2.75) is 117 Å². The molecule has 0 fully saturated rings. The van der Waals surface area contributed by atoms with Crippen LogP contribution < -0.4 is 15.4 Å². The van der Waals surface area contributed by atoms with Gasteiger partial charge in [-0.05, 0) is 31.4 Å². The van der Waals surface area contributed by atoms with Gasteiger partial charge in [0.05, 0.1) is 6.42 Å². The largest absolute Gasteiger partial charge is 0.423 e. The number of nitrogens with one attached hydrogen (secondary N) is 1. The number of hydrogen-bond acceptors (Lipinski definition) is 3. The third kappa shape index (κ3) is 13.8. The molecular weight excluding hydrogens is 467 g/mol. The van der Waals surface area contributed by atoms with E-state index in [1.807, 2.05) is 0 Å². The monoisotopic (exact) mass is 511 g/mol. The highest BCUT2D eigenvalue weighted by Gasteiger charge is 2.19. The molecule has 1 amide bonds. The van der Waals surface area contributed by atoms with Gasteiger partial charge >= 0.3 is 5.97 Å². The van der Waals surface area contributed by atoms with E-state index in [9.17, 15) is 18.4 Å². The van der Waals surface area contributed by atoms with Crippen LogP contribution >= 0.6 is 9.24 Å². The Labute approximate surface area is 212 Å². The van der Waals surface area contributed by atoms with Crippen LogP contribution in [0.4, 0.5) is 8.78 Å². The first kappa shape index (κ1) is 31.2. The Bertz CT molecular complexity index is 788. The second-order valence-electron chi connectivity index (χ2n) is 9.35. The van der Waals surface area contributed by atoms with E-state index >= 15 is 0 Å². The minimum absolute atomic E-state index is 0.100. The van der Waals surface area contributed by atoms with Crippen LogP contribution in [0.3, 0.4) is 0 Å². The summed E-state index contributed by atoms with van der Waals surface area (Å²) in [6, 6.07) is 1.05. The molecule has 0 aliphatic heterocycles. The van der Waals surface area contributed by atoms with E-state index in [1.165, 1.54) is 64.2 Å². The lowest BCUT2D eigenvalue weighted by atomic mass is 10.0. The first-order valence-corrected chi connectivity index (χ1v) is 13.8. The van der Waals surface area contributed by atoms with E-state index < -0.39 is 23.4 Å². The average Bonchev–Trinajstić information content (AvgIpc) is 2.82. The fraction of sp³-hybridized carbons (Fsp3) is 0.643. The van der Waals surface area contributed by atoms with Crippen molar-refractivity contribution in [2.24, 2.45) is 0 Å². The van der Waals surface area contributed by atoms with Crippen LogP contribution in [0.2, 0.25) is 0 Å². The SMILES string of the molecule is C=C(CCC(=O)Oc1c(F)c(F)cc(C)c1P)NC(=O)CCCCCCCCCCCCCCC. The number of ether oxygens (including phenoxy) is 1. The summed E-state index contributed by atoms with van der Waals surface area (Å²) < 4.78 is 32.5. The summed E-state index contributed by atoms with van der Waals surface area (Å²) in [5.74, 6) is -3.52. The fourth-order valence-corrected chi connectivity index (χ4v) is 4.15. The highest BCUT2D eigenvalue weighted by atomic mass is 31.0. The summed E-state index contributed by atoms with van der Waals surface area (Å²) in [6.45, 7) is 7.61. The molecular formula is C28H44F2NO3P. The summed E-state index contributed by atoms with van der Waals surface area (Å²) >= 11 is 0. The summed E-state index contributed by atoms with van der Waals surface area (Å²) in [5, 5.41) is 3.00. The van der Waals surface area contributed by atoms with E-state index in [0.717, 1.165) is 25.3 Å². The van der Waals surface area contributed by atoms with Crippen molar-refractivity contribution in [3.05, 3.63) is 35.5 Å². The van der Waals surface area contributed by atoms with Crippen molar-refractivity contribution in [2.75, 3.05) is 0 Å². The summed E-state index contributed by atoms with van der Waals surface area (Å²) in [6.07, 6.45) is 16.7. The second kappa shape index (κ2) is 18.5. The number of rotatable bonds is 19. The maximum atomic E-state index is 13.9. The first-order valence-electron chi connectivity index (χ1n) is 13.2. The Hall–Kier alpha value is -1.81. The molecule has 1 unspecified atom stereocenters. The zero-order valence-corrected chi connectivity index (χ0v) is 22.8. The predicted octanol–water partition coefficient (Wildman–Crippen LogP) is 7.57. The molecule has 1 rings (SSSR count). The highest BCUT2D eigenvalue weighted by molar-refractivity contribution is 7.28. The molecule has 0 aliphatic carbocycles. The number of amides is 1. The lowest BCUT2D eigenvalue weighted by Crippen LogP contribution is -2.23. The summed E-state index contributed by atoms with van der Waals surface area (Å²) in [5.41, 5.74) is 0.866. The molecule has 0 radical (unpaired) electrons. The Balaban J connectivity index is 2.09. The van der Waals surface area contributed by atoms with Crippen LogP contribution in [0, 0.1) is 18.6 Å². The molecule has 4 nitrogen and oxygen atoms in total. The third-order valence-electron chi connectivity index (χ3n) is 6.09. The molecule has 0 saturated carbocycles. The number of hydrogen-bond donors (Lipinski definition) is 1. The molecule has 1 atom stereocenters. The van der Waals surface area contributed by atoms with E-state index in [4.69, 9.17) is 4.74 Å². The normalized spacial score (nSPS) is 10.9. The van der Waals surface area contributed by atoms with Crippen LogP contribution in [0.5, 0.6) is 5.75 Å². The van der Waals surface area contributed by atoms with Crippen LogP contribution in [0.15, 0.2) is 18.3 Å². The molecule has 1 aromatic carbocycles. The summed E-state index contributed by atoms with van der Waals surface area (Å²) in [7, 11) is 2.25. The lowest BCUT2D eigenvalue weighted by molar-refractivity contribution is -0.134. The van der Waals surface area contributed by atoms with Crippen LogP contribution in [-0.2, 0) is 9.59 Å². The first-order chi connectivity index (χ1) is 16.8. The van der Waals surface area contributed by atoms with Crippen LogP contribution in [0.1, 0.15) is 115 Å². The van der Waals surface area contributed by atoms with Crippen molar-refractivity contribution in [1.82, 2.24) is 5.32 Å². The van der Waals surface area contributed by atoms with Gasteiger partial charge in [0.15, 0.2) is 11.6 Å². The average molecular weight is 512 g/mol. The highest BCUT2D eigenvalue weighted by Crippen LogP contribution is 2.23. The predicted molar refractivity (Wildman–Crippen MR) is 143 cm³/mol. The molecule has 7 heteroatoms.